The molecule has 1 aliphatic heterocycles. The van der Waals surface area contributed by atoms with Crippen LogP contribution >= 0.6 is 22.6 Å². The number of carbonyl (C=O) groups is 2. The minimum absolute atomic E-state index is 0.195. The van der Waals surface area contributed by atoms with Crippen molar-refractivity contribution in [3.63, 3.8) is 0 Å². The highest BCUT2D eigenvalue weighted by Gasteiger charge is 2.40. The first-order valence-corrected chi connectivity index (χ1v) is 9.76. The number of nitrogens with zero attached hydrogens (tertiary/aromatic N) is 1. The smallest absolute Gasteiger partial charge is 0.410 e. The van der Waals surface area contributed by atoms with Gasteiger partial charge in [0.25, 0.3) is 0 Å². The number of alkyl halides is 1. The zero-order valence-electron chi connectivity index (χ0n) is 16.1. The molecule has 0 saturated carbocycles. The fraction of sp³-hybridized carbons (Fsp3) is 0.889. The standard InChI is InChI=1S/C18H32INO4/c1-8-16(2,3)24-15(22)20-11-9-13(10-12-20)18(6,7)23-14(21)17(4,5)19/h13H,8-12H2,1-7H3. The second kappa shape index (κ2) is 7.79. The molecule has 1 amide bonds. The fourth-order valence-electron chi connectivity index (χ4n) is 2.57. The molecule has 0 aromatic heterocycles. The van der Waals surface area contributed by atoms with Crippen molar-refractivity contribution in [3.8, 4) is 0 Å². The summed E-state index contributed by atoms with van der Waals surface area (Å²) in [7, 11) is 0. The third-order valence-electron chi connectivity index (χ3n) is 4.79. The van der Waals surface area contributed by atoms with Gasteiger partial charge in [0.1, 0.15) is 14.6 Å². The van der Waals surface area contributed by atoms with Crippen molar-refractivity contribution in [2.24, 2.45) is 5.92 Å². The number of hydrogen-bond acceptors (Lipinski definition) is 4. The van der Waals surface area contributed by atoms with Gasteiger partial charge in [0.15, 0.2) is 0 Å². The van der Waals surface area contributed by atoms with Gasteiger partial charge in [0.05, 0.1) is 0 Å². The van der Waals surface area contributed by atoms with Crippen molar-refractivity contribution in [2.75, 3.05) is 13.1 Å². The summed E-state index contributed by atoms with van der Waals surface area (Å²) in [5, 5.41) is 0. The van der Waals surface area contributed by atoms with Crippen molar-refractivity contribution in [1.82, 2.24) is 4.90 Å². The van der Waals surface area contributed by atoms with Gasteiger partial charge in [-0.3, -0.25) is 4.79 Å². The molecule has 140 valence electrons. The number of esters is 1. The van der Waals surface area contributed by atoms with Crippen LogP contribution < -0.4 is 0 Å². The summed E-state index contributed by atoms with van der Waals surface area (Å²) < 4.78 is 10.8. The number of piperidine rings is 1. The van der Waals surface area contributed by atoms with Crippen molar-refractivity contribution in [3.05, 3.63) is 0 Å². The normalized spacial score (nSPS) is 17.6. The number of carbonyl (C=O) groups excluding carboxylic acids is 2. The van der Waals surface area contributed by atoms with E-state index in [0.717, 1.165) is 19.3 Å². The van der Waals surface area contributed by atoms with E-state index in [-0.39, 0.29) is 18.0 Å². The molecule has 1 heterocycles. The SMILES string of the molecule is CCC(C)(C)OC(=O)N1CCC(C(C)(C)OC(=O)C(C)(C)I)CC1. The first-order chi connectivity index (χ1) is 10.8. The number of rotatable bonds is 5. The lowest BCUT2D eigenvalue weighted by Gasteiger charge is -2.41. The van der Waals surface area contributed by atoms with Crippen LogP contribution in [0.4, 0.5) is 4.79 Å². The van der Waals surface area contributed by atoms with Gasteiger partial charge in [0, 0.05) is 19.0 Å². The van der Waals surface area contributed by atoms with Crippen molar-refractivity contribution < 1.29 is 19.1 Å². The summed E-state index contributed by atoms with van der Waals surface area (Å²) in [5.41, 5.74) is -0.965. The Morgan fingerprint density at radius 3 is 1.96 bits per heavy atom. The molecular formula is C18H32INO4. The maximum atomic E-state index is 12.3. The number of ether oxygens (including phenoxy) is 2. The Balaban J connectivity index is 2.58. The average molecular weight is 453 g/mol. The Labute approximate surface area is 160 Å². The van der Waals surface area contributed by atoms with Crippen LogP contribution in [0.3, 0.4) is 0 Å². The molecule has 5 nitrogen and oxygen atoms in total. The molecule has 0 unspecified atom stereocenters. The molecule has 0 aliphatic carbocycles. The highest BCUT2D eigenvalue weighted by Crippen LogP contribution is 2.33. The molecule has 0 radical (unpaired) electrons. The van der Waals surface area contributed by atoms with E-state index in [1.165, 1.54) is 0 Å². The van der Waals surface area contributed by atoms with Crippen LogP contribution in [0.25, 0.3) is 0 Å². The van der Waals surface area contributed by atoms with Crippen molar-refractivity contribution >= 4 is 34.7 Å². The molecular weight excluding hydrogens is 421 g/mol. The van der Waals surface area contributed by atoms with Gasteiger partial charge in [0.2, 0.25) is 0 Å². The largest absolute Gasteiger partial charge is 0.458 e. The number of amides is 1. The van der Waals surface area contributed by atoms with Crippen LogP contribution in [0.5, 0.6) is 0 Å². The molecule has 0 aromatic rings. The number of halogens is 1. The zero-order chi connectivity index (χ0) is 18.8. The summed E-state index contributed by atoms with van der Waals surface area (Å²) in [5.74, 6) is 0.0445. The molecule has 24 heavy (non-hydrogen) atoms. The van der Waals surface area contributed by atoms with Crippen LogP contribution in [0.15, 0.2) is 0 Å². The fourth-order valence-corrected chi connectivity index (χ4v) is 2.68. The Morgan fingerprint density at radius 2 is 1.54 bits per heavy atom. The predicted octanol–water partition coefficient (Wildman–Crippen LogP) is 4.56. The first kappa shape index (κ1) is 21.5. The highest BCUT2D eigenvalue weighted by atomic mass is 127. The third kappa shape index (κ3) is 6.08. The van der Waals surface area contributed by atoms with Crippen LogP contribution in [0.2, 0.25) is 0 Å². The lowest BCUT2D eigenvalue weighted by Crippen LogP contribution is -2.48. The van der Waals surface area contributed by atoms with E-state index in [1.807, 2.05) is 48.5 Å². The summed E-state index contributed by atoms with van der Waals surface area (Å²) in [6, 6.07) is 0. The lowest BCUT2D eigenvalue weighted by molar-refractivity contribution is -0.165. The van der Waals surface area contributed by atoms with Gasteiger partial charge in [-0.15, -0.1) is 0 Å². The third-order valence-corrected chi connectivity index (χ3v) is 5.23. The van der Waals surface area contributed by atoms with Gasteiger partial charge < -0.3 is 14.4 Å². The monoisotopic (exact) mass is 453 g/mol. The van der Waals surface area contributed by atoms with Crippen LogP contribution in [0.1, 0.15) is 67.7 Å². The predicted molar refractivity (Wildman–Crippen MR) is 103 cm³/mol. The van der Waals surface area contributed by atoms with Gasteiger partial charge >= 0.3 is 12.1 Å². The van der Waals surface area contributed by atoms with E-state index in [1.54, 1.807) is 4.90 Å². The van der Waals surface area contributed by atoms with E-state index < -0.39 is 14.6 Å². The van der Waals surface area contributed by atoms with Crippen molar-refractivity contribution in [1.29, 1.82) is 0 Å². The number of likely N-dealkylation sites (tertiary alicyclic amines) is 1. The summed E-state index contributed by atoms with van der Waals surface area (Å²) in [6.45, 7) is 14.7. The van der Waals surface area contributed by atoms with Gasteiger partial charge in [-0.1, -0.05) is 29.5 Å². The molecule has 0 bridgehead atoms. The molecule has 0 N–H and O–H groups in total. The van der Waals surface area contributed by atoms with Gasteiger partial charge in [-0.25, -0.2) is 4.79 Å². The topological polar surface area (TPSA) is 55.8 Å². The number of hydrogen-bond donors (Lipinski definition) is 0. The Kier molecular flexibility index (Phi) is 6.98. The van der Waals surface area contributed by atoms with E-state index in [4.69, 9.17) is 9.47 Å². The maximum Gasteiger partial charge on any atom is 0.410 e. The second-order valence-corrected chi connectivity index (χ2v) is 10.9. The average Bonchev–Trinajstić information content (AvgIpc) is 2.45. The Bertz CT molecular complexity index is 460. The summed E-state index contributed by atoms with van der Waals surface area (Å²) in [4.78, 5) is 26.2. The van der Waals surface area contributed by atoms with Crippen LogP contribution in [0, 0.1) is 5.92 Å². The molecule has 0 spiro atoms. The van der Waals surface area contributed by atoms with E-state index >= 15 is 0 Å². The molecule has 0 atom stereocenters. The zero-order valence-corrected chi connectivity index (χ0v) is 18.2. The minimum Gasteiger partial charge on any atom is -0.458 e. The second-order valence-electron chi connectivity index (χ2n) is 8.21. The molecule has 1 saturated heterocycles. The van der Waals surface area contributed by atoms with E-state index in [0.29, 0.717) is 13.1 Å². The Hall–Kier alpha value is -0.530. The summed E-state index contributed by atoms with van der Waals surface area (Å²) >= 11 is 2.10. The Morgan fingerprint density at radius 1 is 1.04 bits per heavy atom. The van der Waals surface area contributed by atoms with Crippen molar-refractivity contribution in [2.45, 2.75) is 82.4 Å². The van der Waals surface area contributed by atoms with Gasteiger partial charge in [-0.2, -0.15) is 0 Å². The molecule has 6 heteroatoms. The molecule has 1 aliphatic rings. The first-order valence-electron chi connectivity index (χ1n) is 8.69. The van der Waals surface area contributed by atoms with E-state index in [2.05, 4.69) is 22.6 Å². The maximum absolute atomic E-state index is 12.3. The van der Waals surface area contributed by atoms with Gasteiger partial charge in [-0.05, 0) is 60.8 Å². The minimum atomic E-state index is -0.536. The quantitative estimate of drug-likeness (QED) is 0.348. The molecule has 1 rings (SSSR count). The highest BCUT2D eigenvalue weighted by molar-refractivity contribution is 14.1. The van der Waals surface area contributed by atoms with E-state index in [9.17, 15) is 9.59 Å². The van der Waals surface area contributed by atoms with Crippen LogP contribution in [-0.4, -0.2) is 44.7 Å². The molecule has 0 aromatic carbocycles. The lowest BCUT2D eigenvalue weighted by atomic mass is 9.83. The summed E-state index contributed by atoms with van der Waals surface area (Å²) in [6.07, 6.45) is 2.15. The molecule has 1 fully saturated rings. The van der Waals surface area contributed by atoms with Crippen LogP contribution in [-0.2, 0) is 14.3 Å².